The van der Waals surface area contributed by atoms with Crippen molar-refractivity contribution in [3.05, 3.63) is 0 Å². The lowest BCUT2D eigenvalue weighted by atomic mass is 9.77. The Kier molecular flexibility index (Phi) is 4.49. The fraction of sp³-hybridized carbons (Fsp3) is 1.00. The third kappa shape index (κ3) is 3.21. The minimum absolute atomic E-state index is 0.851. The van der Waals surface area contributed by atoms with Gasteiger partial charge < -0.3 is 5.32 Å². The largest absolute Gasteiger partial charge is 0.314 e. The Morgan fingerprint density at radius 1 is 1.07 bits per heavy atom. The average Bonchev–Trinajstić information content (AvgIpc) is 2.64. The van der Waals surface area contributed by atoms with Crippen molar-refractivity contribution in [1.82, 2.24) is 5.32 Å². The first kappa shape index (κ1) is 11.4. The van der Waals surface area contributed by atoms with Gasteiger partial charge in [-0.3, -0.25) is 0 Å². The predicted molar refractivity (Wildman–Crippen MR) is 66.0 cm³/mol. The van der Waals surface area contributed by atoms with Crippen LogP contribution in [0.25, 0.3) is 0 Å². The van der Waals surface area contributed by atoms with Gasteiger partial charge in [-0.2, -0.15) is 0 Å². The van der Waals surface area contributed by atoms with Gasteiger partial charge in [0.25, 0.3) is 0 Å². The molecule has 1 N–H and O–H groups in total. The van der Waals surface area contributed by atoms with Crippen LogP contribution in [0.3, 0.4) is 0 Å². The second-order valence-corrected chi connectivity index (χ2v) is 5.58. The SMILES string of the molecule is CCNC(CCC1CCCC1)C1CCC1. The molecule has 0 amide bonds. The summed E-state index contributed by atoms with van der Waals surface area (Å²) in [5.74, 6) is 2.09. The van der Waals surface area contributed by atoms with Crippen LogP contribution in [-0.2, 0) is 0 Å². The molecule has 0 heterocycles. The van der Waals surface area contributed by atoms with Crippen LogP contribution in [0.4, 0.5) is 0 Å². The van der Waals surface area contributed by atoms with Gasteiger partial charge in [0, 0.05) is 6.04 Å². The molecule has 15 heavy (non-hydrogen) atoms. The second kappa shape index (κ2) is 5.89. The molecule has 0 aromatic rings. The van der Waals surface area contributed by atoms with Crippen LogP contribution >= 0.6 is 0 Å². The van der Waals surface area contributed by atoms with E-state index < -0.39 is 0 Å². The summed E-state index contributed by atoms with van der Waals surface area (Å²) in [4.78, 5) is 0. The molecule has 0 radical (unpaired) electrons. The van der Waals surface area contributed by atoms with Crippen molar-refractivity contribution in [2.45, 2.75) is 70.8 Å². The van der Waals surface area contributed by atoms with E-state index in [1.165, 1.54) is 57.8 Å². The maximum atomic E-state index is 3.71. The predicted octanol–water partition coefficient (Wildman–Crippen LogP) is 3.74. The number of nitrogens with one attached hydrogen (secondary N) is 1. The van der Waals surface area contributed by atoms with Gasteiger partial charge in [-0.1, -0.05) is 39.0 Å². The molecular weight excluding hydrogens is 182 g/mol. The lowest BCUT2D eigenvalue weighted by Crippen LogP contribution is -2.39. The zero-order chi connectivity index (χ0) is 10.5. The van der Waals surface area contributed by atoms with E-state index in [1.807, 2.05) is 0 Å². The Morgan fingerprint density at radius 3 is 2.33 bits per heavy atom. The van der Waals surface area contributed by atoms with E-state index in [4.69, 9.17) is 0 Å². The zero-order valence-corrected chi connectivity index (χ0v) is 10.3. The van der Waals surface area contributed by atoms with Gasteiger partial charge in [0.2, 0.25) is 0 Å². The first-order valence-electron chi connectivity index (χ1n) is 7.13. The Bertz CT molecular complexity index is 168. The first-order valence-corrected chi connectivity index (χ1v) is 7.13. The summed E-state index contributed by atoms with van der Waals surface area (Å²) in [5, 5.41) is 3.71. The highest BCUT2D eigenvalue weighted by atomic mass is 14.9. The second-order valence-electron chi connectivity index (χ2n) is 5.58. The monoisotopic (exact) mass is 209 g/mol. The van der Waals surface area contributed by atoms with Crippen LogP contribution in [0.1, 0.15) is 64.7 Å². The highest BCUT2D eigenvalue weighted by Crippen LogP contribution is 2.34. The Labute approximate surface area is 95.0 Å². The van der Waals surface area contributed by atoms with Crippen LogP contribution in [0.15, 0.2) is 0 Å². The minimum Gasteiger partial charge on any atom is -0.314 e. The number of rotatable bonds is 6. The Morgan fingerprint density at radius 2 is 1.80 bits per heavy atom. The highest BCUT2D eigenvalue weighted by molar-refractivity contribution is 4.83. The van der Waals surface area contributed by atoms with Crippen molar-refractivity contribution < 1.29 is 0 Å². The van der Waals surface area contributed by atoms with Gasteiger partial charge in [0.15, 0.2) is 0 Å². The van der Waals surface area contributed by atoms with Gasteiger partial charge in [-0.15, -0.1) is 0 Å². The van der Waals surface area contributed by atoms with Crippen LogP contribution in [0, 0.1) is 11.8 Å². The van der Waals surface area contributed by atoms with Crippen LogP contribution in [0.5, 0.6) is 0 Å². The topological polar surface area (TPSA) is 12.0 Å². The molecule has 2 rings (SSSR count). The standard InChI is InChI=1S/C14H27N/c1-2-15-14(13-8-5-9-13)11-10-12-6-3-4-7-12/h12-15H,2-11H2,1H3. The summed E-state index contributed by atoms with van der Waals surface area (Å²) < 4.78 is 0. The molecule has 0 aromatic heterocycles. The van der Waals surface area contributed by atoms with Crippen molar-refractivity contribution in [2.75, 3.05) is 6.54 Å². The zero-order valence-electron chi connectivity index (χ0n) is 10.3. The normalized spacial score (nSPS) is 25.4. The summed E-state index contributed by atoms with van der Waals surface area (Å²) in [5.41, 5.74) is 0. The molecule has 2 saturated carbocycles. The van der Waals surface area contributed by atoms with Crippen LogP contribution < -0.4 is 5.32 Å². The van der Waals surface area contributed by atoms with Crippen molar-refractivity contribution in [3.63, 3.8) is 0 Å². The maximum absolute atomic E-state index is 3.71. The quantitative estimate of drug-likeness (QED) is 0.703. The summed E-state index contributed by atoms with van der Waals surface area (Å²) in [6, 6.07) is 0.851. The lowest BCUT2D eigenvalue weighted by molar-refractivity contribution is 0.212. The van der Waals surface area contributed by atoms with Crippen molar-refractivity contribution in [3.8, 4) is 0 Å². The van der Waals surface area contributed by atoms with Crippen molar-refractivity contribution >= 4 is 0 Å². The third-order valence-electron chi connectivity index (χ3n) is 4.55. The van der Waals surface area contributed by atoms with E-state index in [-0.39, 0.29) is 0 Å². The number of hydrogen-bond donors (Lipinski definition) is 1. The summed E-state index contributed by atoms with van der Waals surface area (Å²) in [6.45, 7) is 3.41. The molecule has 2 aliphatic rings. The fourth-order valence-corrected chi connectivity index (χ4v) is 3.32. The molecule has 1 nitrogen and oxygen atoms in total. The van der Waals surface area contributed by atoms with E-state index in [0.717, 1.165) is 24.4 Å². The smallest absolute Gasteiger partial charge is 0.00953 e. The summed E-state index contributed by atoms with van der Waals surface area (Å²) >= 11 is 0. The van der Waals surface area contributed by atoms with Gasteiger partial charge in [0.05, 0.1) is 0 Å². The molecular formula is C14H27N. The van der Waals surface area contributed by atoms with Crippen LogP contribution in [-0.4, -0.2) is 12.6 Å². The van der Waals surface area contributed by atoms with Crippen LogP contribution in [0.2, 0.25) is 0 Å². The van der Waals surface area contributed by atoms with Crippen molar-refractivity contribution in [2.24, 2.45) is 11.8 Å². The highest BCUT2D eigenvalue weighted by Gasteiger charge is 2.27. The van der Waals surface area contributed by atoms with E-state index >= 15 is 0 Å². The summed E-state index contributed by atoms with van der Waals surface area (Å²) in [6.07, 6.45) is 13.4. The lowest BCUT2D eigenvalue weighted by Gasteiger charge is -2.35. The van der Waals surface area contributed by atoms with Gasteiger partial charge >= 0.3 is 0 Å². The van der Waals surface area contributed by atoms with E-state index in [1.54, 1.807) is 0 Å². The van der Waals surface area contributed by atoms with E-state index in [2.05, 4.69) is 12.2 Å². The minimum atomic E-state index is 0.851. The third-order valence-corrected chi connectivity index (χ3v) is 4.55. The van der Waals surface area contributed by atoms with E-state index in [9.17, 15) is 0 Å². The molecule has 0 bridgehead atoms. The first-order chi connectivity index (χ1) is 7.40. The molecule has 1 unspecified atom stereocenters. The molecule has 0 saturated heterocycles. The Hall–Kier alpha value is -0.0400. The van der Waals surface area contributed by atoms with Gasteiger partial charge in [0.1, 0.15) is 0 Å². The Balaban J connectivity index is 1.68. The average molecular weight is 209 g/mol. The van der Waals surface area contributed by atoms with Gasteiger partial charge in [-0.05, 0) is 44.1 Å². The van der Waals surface area contributed by atoms with Gasteiger partial charge in [-0.25, -0.2) is 0 Å². The molecule has 0 spiro atoms. The maximum Gasteiger partial charge on any atom is 0.00953 e. The van der Waals surface area contributed by atoms with Crippen molar-refractivity contribution in [1.29, 1.82) is 0 Å². The molecule has 0 aliphatic heterocycles. The number of hydrogen-bond acceptors (Lipinski definition) is 1. The molecule has 1 heteroatoms. The molecule has 2 fully saturated rings. The van der Waals surface area contributed by atoms with E-state index in [0.29, 0.717) is 0 Å². The molecule has 2 aliphatic carbocycles. The molecule has 1 atom stereocenters. The fourth-order valence-electron chi connectivity index (χ4n) is 3.32. The summed E-state index contributed by atoms with van der Waals surface area (Å²) in [7, 11) is 0. The molecule has 88 valence electrons. The molecule has 0 aromatic carbocycles.